The number of rotatable bonds is 8. The first kappa shape index (κ1) is 28.7. The summed E-state index contributed by atoms with van der Waals surface area (Å²) in [5.74, 6) is -2.99. The Morgan fingerprint density at radius 1 is 1.05 bits per heavy atom. The van der Waals surface area contributed by atoms with Crippen molar-refractivity contribution in [1.29, 1.82) is 0 Å². The number of nitrogens with zero attached hydrogens (tertiary/aromatic N) is 4. The molecule has 0 aromatic heterocycles. The molecule has 0 aliphatic carbocycles. The largest absolute Gasteiger partial charge is 0.507 e. The fourth-order valence-corrected chi connectivity index (χ4v) is 6.58. The zero-order valence-electron chi connectivity index (χ0n) is 22.9. The normalized spacial score (nSPS) is 22.7. The van der Waals surface area contributed by atoms with Crippen LogP contribution in [0, 0.1) is 0 Å². The number of ether oxygens (including phenoxy) is 1. The fraction of sp³-hybridized carbons (Fsp3) is 0.345. The number of aliphatic hydroxyl groups is 1. The summed E-state index contributed by atoms with van der Waals surface area (Å²) < 4.78 is 31.6. The lowest BCUT2D eigenvalue weighted by atomic mass is 9.82. The lowest BCUT2D eigenvalue weighted by Gasteiger charge is -2.36. The van der Waals surface area contributed by atoms with Crippen LogP contribution in [-0.2, 0) is 34.7 Å². The molecule has 0 radical (unpaired) electrons. The smallest absolute Gasteiger partial charge is 0.296 e. The van der Waals surface area contributed by atoms with E-state index in [2.05, 4.69) is 11.5 Å². The number of fused-ring (bicyclic) bond motifs is 2. The summed E-state index contributed by atoms with van der Waals surface area (Å²) in [4.78, 5) is 46.6. The van der Waals surface area contributed by atoms with Gasteiger partial charge in [0.2, 0.25) is 10.0 Å². The highest BCUT2D eigenvalue weighted by molar-refractivity contribution is 7.89. The molecule has 12 heteroatoms. The SMILES string of the molecule is C=CCN1C(=O)C2(/C(=C(\O)c3ccc(S(=O)(=O)N(C)C)cc3)C(=O)C(=O)N2CCN2CCOCC2)c2ccccc21. The van der Waals surface area contributed by atoms with Crippen molar-refractivity contribution in [2.45, 2.75) is 10.4 Å². The molecular formula is C29H32N4O7S. The number of hydrogen-bond acceptors (Lipinski definition) is 8. The minimum Gasteiger partial charge on any atom is -0.507 e. The van der Waals surface area contributed by atoms with Crippen molar-refractivity contribution in [3.8, 4) is 0 Å². The van der Waals surface area contributed by atoms with Crippen molar-refractivity contribution in [3.63, 3.8) is 0 Å². The summed E-state index contributed by atoms with van der Waals surface area (Å²) in [7, 11) is -0.943. The van der Waals surface area contributed by atoms with Gasteiger partial charge in [-0.1, -0.05) is 24.3 Å². The number of Topliss-reactive ketones (excluding diaryl/α,β-unsaturated/α-hetero) is 1. The second kappa shape index (κ2) is 10.9. The van der Waals surface area contributed by atoms with E-state index in [-0.39, 0.29) is 29.1 Å². The monoisotopic (exact) mass is 580 g/mol. The molecule has 1 unspecified atom stereocenters. The first-order valence-corrected chi connectivity index (χ1v) is 14.7. The van der Waals surface area contributed by atoms with Gasteiger partial charge in [0.05, 0.1) is 29.4 Å². The van der Waals surface area contributed by atoms with E-state index in [0.29, 0.717) is 44.1 Å². The van der Waals surface area contributed by atoms with Gasteiger partial charge in [0.15, 0.2) is 5.54 Å². The molecule has 2 fully saturated rings. The third-order valence-electron chi connectivity index (χ3n) is 7.77. The number of benzene rings is 2. The number of likely N-dealkylation sites (tertiary alicyclic amines) is 1. The van der Waals surface area contributed by atoms with Crippen molar-refractivity contribution in [1.82, 2.24) is 14.1 Å². The minimum atomic E-state index is -3.75. The summed E-state index contributed by atoms with van der Waals surface area (Å²) in [6.45, 7) is 6.71. The van der Waals surface area contributed by atoms with Crippen molar-refractivity contribution in [2.75, 3.05) is 64.9 Å². The van der Waals surface area contributed by atoms with E-state index in [1.165, 1.54) is 48.2 Å². The molecule has 1 atom stereocenters. The van der Waals surface area contributed by atoms with Crippen LogP contribution in [0.1, 0.15) is 11.1 Å². The summed E-state index contributed by atoms with van der Waals surface area (Å²) >= 11 is 0. The number of ketones is 1. The van der Waals surface area contributed by atoms with Crippen molar-refractivity contribution in [2.24, 2.45) is 0 Å². The molecule has 2 aromatic rings. The van der Waals surface area contributed by atoms with Crippen LogP contribution in [0.15, 0.2) is 71.7 Å². The number of amides is 2. The van der Waals surface area contributed by atoms with Gasteiger partial charge in [-0.2, -0.15) is 0 Å². The van der Waals surface area contributed by atoms with E-state index in [9.17, 15) is 27.9 Å². The molecule has 0 bridgehead atoms. The molecule has 1 N–H and O–H groups in total. The van der Waals surface area contributed by atoms with E-state index in [1.54, 1.807) is 30.3 Å². The van der Waals surface area contributed by atoms with Crippen LogP contribution in [0.5, 0.6) is 0 Å². The third kappa shape index (κ3) is 4.47. The van der Waals surface area contributed by atoms with Gasteiger partial charge in [0.1, 0.15) is 5.76 Å². The van der Waals surface area contributed by atoms with E-state index in [0.717, 1.165) is 4.31 Å². The molecule has 0 saturated carbocycles. The van der Waals surface area contributed by atoms with Crippen LogP contribution in [0.2, 0.25) is 0 Å². The molecule has 2 saturated heterocycles. The predicted octanol–water partition coefficient (Wildman–Crippen LogP) is 1.38. The number of hydrogen-bond donors (Lipinski definition) is 1. The number of carbonyl (C=O) groups excluding carboxylic acids is 3. The molecule has 1 spiro atoms. The highest BCUT2D eigenvalue weighted by atomic mass is 32.2. The van der Waals surface area contributed by atoms with Gasteiger partial charge < -0.3 is 19.6 Å². The predicted molar refractivity (Wildman–Crippen MR) is 152 cm³/mol. The van der Waals surface area contributed by atoms with Gasteiger partial charge in [-0.05, 0) is 30.3 Å². The van der Waals surface area contributed by atoms with E-state index < -0.39 is 38.9 Å². The van der Waals surface area contributed by atoms with Crippen molar-refractivity contribution in [3.05, 3.63) is 77.9 Å². The Labute approximate surface area is 238 Å². The van der Waals surface area contributed by atoms with E-state index >= 15 is 0 Å². The van der Waals surface area contributed by atoms with Crippen LogP contribution in [0.3, 0.4) is 0 Å². The minimum absolute atomic E-state index is 0.0147. The molecular weight excluding hydrogens is 548 g/mol. The number of morpholine rings is 1. The highest BCUT2D eigenvalue weighted by Crippen LogP contribution is 2.53. The van der Waals surface area contributed by atoms with E-state index in [1.807, 2.05) is 0 Å². The Balaban J connectivity index is 1.69. The topological polar surface area (TPSA) is 128 Å². The summed E-state index contributed by atoms with van der Waals surface area (Å²) in [5, 5.41) is 11.6. The Kier molecular flexibility index (Phi) is 7.60. The molecule has 41 heavy (non-hydrogen) atoms. The first-order valence-electron chi connectivity index (χ1n) is 13.2. The van der Waals surface area contributed by atoms with Crippen LogP contribution < -0.4 is 4.90 Å². The molecule has 3 aliphatic rings. The zero-order chi connectivity index (χ0) is 29.5. The Hall–Kier alpha value is -3.84. The average Bonchev–Trinajstić information content (AvgIpc) is 3.35. The average molecular weight is 581 g/mol. The van der Waals surface area contributed by atoms with Gasteiger partial charge in [-0.3, -0.25) is 19.3 Å². The van der Waals surface area contributed by atoms with Crippen LogP contribution in [0.4, 0.5) is 5.69 Å². The van der Waals surface area contributed by atoms with Crippen LogP contribution in [-0.4, -0.2) is 105 Å². The second-order valence-corrected chi connectivity index (χ2v) is 12.4. The van der Waals surface area contributed by atoms with Gasteiger partial charge in [-0.25, -0.2) is 12.7 Å². The zero-order valence-corrected chi connectivity index (χ0v) is 23.8. The maximum atomic E-state index is 14.4. The lowest BCUT2D eigenvalue weighted by molar-refractivity contribution is -0.144. The van der Waals surface area contributed by atoms with Gasteiger partial charge in [-0.15, -0.1) is 6.58 Å². The summed E-state index contributed by atoms with van der Waals surface area (Å²) in [5.41, 5.74) is -1.24. The number of sulfonamides is 1. The van der Waals surface area contributed by atoms with Crippen molar-refractivity contribution < 1.29 is 32.6 Å². The third-order valence-corrected chi connectivity index (χ3v) is 9.60. The highest BCUT2D eigenvalue weighted by Gasteiger charge is 2.67. The molecule has 11 nitrogen and oxygen atoms in total. The molecule has 5 rings (SSSR count). The Bertz CT molecular complexity index is 1540. The lowest BCUT2D eigenvalue weighted by Crippen LogP contribution is -2.54. The van der Waals surface area contributed by atoms with Crippen molar-refractivity contribution >= 4 is 39.1 Å². The molecule has 2 amide bonds. The molecule has 2 aromatic carbocycles. The number of aliphatic hydroxyl groups excluding tert-OH is 1. The van der Waals surface area contributed by atoms with Gasteiger partial charge >= 0.3 is 0 Å². The quantitative estimate of drug-likeness (QED) is 0.215. The maximum Gasteiger partial charge on any atom is 0.296 e. The number of para-hydroxylation sites is 1. The Morgan fingerprint density at radius 2 is 1.71 bits per heavy atom. The standard InChI is InChI=1S/C29H32N4O7S/c1-4-13-32-23-8-6-5-7-22(23)29(28(32)37)24(25(34)20-9-11-21(12-10-20)41(38,39)30(2)3)26(35)27(36)33(29)15-14-31-16-18-40-19-17-31/h4-12,34H,1,13-19H2,2-3H3/b25-24-. The molecule has 3 heterocycles. The molecule has 216 valence electrons. The fourth-order valence-electron chi connectivity index (χ4n) is 5.68. The van der Waals surface area contributed by atoms with Gasteiger partial charge in [0.25, 0.3) is 17.6 Å². The summed E-state index contributed by atoms with van der Waals surface area (Å²) in [6, 6.07) is 12.2. The maximum absolute atomic E-state index is 14.4. The van der Waals surface area contributed by atoms with Gasteiger partial charge in [0, 0.05) is 57.9 Å². The summed E-state index contributed by atoms with van der Waals surface area (Å²) in [6.07, 6.45) is 1.55. The van der Waals surface area contributed by atoms with Crippen LogP contribution in [0.25, 0.3) is 5.76 Å². The van der Waals surface area contributed by atoms with Crippen LogP contribution >= 0.6 is 0 Å². The second-order valence-electron chi connectivity index (χ2n) is 10.2. The number of anilines is 1. The molecule has 3 aliphatic heterocycles. The van der Waals surface area contributed by atoms with E-state index in [4.69, 9.17) is 4.74 Å². The Morgan fingerprint density at radius 3 is 2.34 bits per heavy atom. The number of carbonyl (C=O) groups is 3. The first-order chi connectivity index (χ1) is 19.6.